The van der Waals surface area contributed by atoms with E-state index in [-0.39, 0.29) is 17.6 Å². The summed E-state index contributed by atoms with van der Waals surface area (Å²) in [6.07, 6.45) is 7.94. The minimum Gasteiger partial charge on any atom is -0.342 e. The summed E-state index contributed by atoms with van der Waals surface area (Å²) in [5, 5.41) is 3.01. The summed E-state index contributed by atoms with van der Waals surface area (Å²) in [5.41, 5.74) is 1.87. The summed E-state index contributed by atoms with van der Waals surface area (Å²) in [5.74, 6) is 0.902. The number of anilines is 2. The molecule has 8 heteroatoms. The lowest BCUT2D eigenvalue weighted by atomic mass is 9.94. The van der Waals surface area contributed by atoms with E-state index in [1.165, 1.54) is 12.1 Å². The third-order valence-corrected chi connectivity index (χ3v) is 5.20. The van der Waals surface area contributed by atoms with E-state index in [9.17, 15) is 9.18 Å². The van der Waals surface area contributed by atoms with Gasteiger partial charge in [0, 0.05) is 44.0 Å². The van der Waals surface area contributed by atoms with Gasteiger partial charge in [0.15, 0.2) is 0 Å². The number of rotatable bonds is 6. The predicted octanol–water partition coefficient (Wildman–Crippen LogP) is 3.49. The molecule has 154 valence electrons. The highest BCUT2D eigenvalue weighted by Gasteiger charge is 2.25. The number of likely N-dealkylation sites (tertiary alicyclic amines) is 1. The predicted molar refractivity (Wildman–Crippen MR) is 111 cm³/mol. The van der Waals surface area contributed by atoms with E-state index in [4.69, 9.17) is 0 Å². The van der Waals surface area contributed by atoms with Crippen molar-refractivity contribution < 1.29 is 9.18 Å². The second kappa shape index (κ2) is 9.39. The molecule has 1 saturated heterocycles. The zero-order valence-corrected chi connectivity index (χ0v) is 16.5. The van der Waals surface area contributed by atoms with Crippen molar-refractivity contribution in [2.24, 2.45) is 0 Å². The Balaban J connectivity index is 1.36. The van der Waals surface area contributed by atoms with Crippen LogP contribution in [0.4, 0.5) is 16.3 Å². The fraction of sp³-hybridized carbons (Fsp3) is 0.318. The Morgan fingerprint density at radius 1 is 1.07 bits per heavy atom. The minimum absolute atomic E-state index is 0.120. The van der Waals surface area contributed by atoms with E-state index in [0.29, 0.717) is 31.3 Å². The molecule has 0 bridgehead atoms. The van der Waals surface area contributed by atoms with Crippen LogP contribution in [0.5, 0.6) is 0 Å². The number of nitrogens with one attached hydrogen (secondary N) is 1. The van der Waals surface area contributed by atoms with Gasteiger partial charge in [-0.05, 0) is 49.1 Å². The van der Waals surface area contributed by atoms with Crippen LogP contribution in [0.25, 0.3) is 0 Å². The number of halogens is 1. The number of carbonyl (C=O) groups is 1. The maximum atomic E-state index is 13.0. The number of hydrogen-bond donors (Lipinski definition) is 1. The van der Waals surface area contributed by atoms with Gasteiger partial charge < -0.3 is 4.90 Å². The van der Waals surface area contributed by atoms with Crippen LogP contribution in [0.2, 0.25) is 0 Å². The number of aromatic nitrogens is 4. The number of nitrogens with zero attached hydrogens (tertiary/aromatic N) is 5. The summed E-state index contributed by atoms with van der Waals surface area (Å²) in [6.45, 7) is 1.40. The second-order valence-electron chi connectivity index (χ2n) is 7.31. The van der Waals surface area contributed by atoms with Gasteiger partial charge in [0.05, 0.1) is 5.69 Å². The van der Waals surface area contributed by atoms with Crippen LogP contribution in [-0.2, 0) is 11.2 Å². The first-order valence-corrected chi connectivity index (χ1v) is 10.1. The minimum atomic E-state index is -0.263. The Morgan fingerprint density at radius 2 is 1.83 bits per heavy atom. The van der Waals surface area contributed by atoms with Crippen LogP contribution in [0.15, 0.2) is 55.0 Å². The zero-order chi connectivity index (χ0) is 20.8. The highest BCUT2D eigenvalue weighted by molar-refractivity contribution is 5.76. The molecular formula is C22H23FN6O. The van der Waals surface area contributed by atoms with Gasteiger partial charge in [0.1, 0.15) is 5.82 Å². The fourth-order valence-corrected chi connectivity index (χ4v) is 3.63. The molecule has 1 fully saturated rings. The summed E-state index contributed by atoms with van der Waals surface area (Å²) in [7, 11) is 0. The molecule has 0 spiro atoms. The van der Waals surface area contributed by atoms with Gasteiger partial charge >= 0.3 is 0 Å². The van der Waals surface area contributed by atoms with Gasteiger partial charge in [0.2, 0.25) is 17.8 Å². The molecule has 3 heterocycles. The Kier molecular flexibility index (Phi) is 6.22. The maximum Gasteiger partial charge on any atom is 0.229 e. The summed E-state index contributed by atoms with van der Waals surface area (Å²) >= 11 is 0. The van der Waals surface area contributed by atoms with Crippen molar-refractivity contribution in [1.29, 1.82) is 0 Å². The Hall–Kier alpha value is -3.42. The third kappa shape index (κ3) is 5.14. The Morgan fingerprint density at radius 3 is 2.63 bits per heavy atom. The second-order valence-corrected chi connectivity index (χ2v) is 7.31. The van der Waals surface area contributed by atoms with Crippen molar-refractivity contribution in [3.8, 4) is 0 Å². The molecule has 30 heavy (non-hydrogen) atoms. The molecule has 0 unspecified atom stereocenters. The molecule has 1 aromatic carbocycles. The lowest BCUT2D eigenvalue weighted by Gasteiger charge is -2.32. The van der Waals surface area contributed by atoms with E-state index in [2.05, 4.69) is 25.3 Å². The van der Waals surface area contributed by atoms with E-state index >= 15 is 0 Å². The van der Waals surface area contributed by atoms with Crippen LogP contribution < -0.4 is 5.32 Å². The largest absolute Gasteiger partial charge is 0.342 e. The maximum absolute atomic E-state index is 13.0. The van der Waals surface area contributed by atoms with Crippen molar-refractivity contribution in [2.75, 3.05) is 18.4 Å². The molecule has 1 N–H and O–H groups in total. The first kappa shape index (κ1) is 19.9. The normalized spacial score (nSPS) is 16.3. The molecule has 0 aliphatic carbocycles. The third-order valence-electron chi connectivity index (χ3n) is 5.20. The van der Waals surface area contributed by atoms with Gasteiger partial charge in [-0.2, -0.15) is 0 Å². The number of aryl methyl sites for hydroxylation is 1. The van der Waals surface area contributed by atoms with Crippen molar-refractivity contribution in [3.05, 3.63) is 72.1 Å². The van der Waals surface area contributed by atoms with Crippen molar-refractivity contribution in [1.82, 2.24) is 24.8 Å². The average Bonchev–Trinajstić information content (AvgIpc) is 2.79. The Bertz CT molecular complexity index is 982. The molecular weight excluding hydrogens is 383 g/mol. The quantitative estimate of drug-likeness (QED) is 0.675. The number of benzene rings is 1. The van der Waals surface area contributed by atoms with Crippen LogP contribution in [0.1, 0.15) is 36.4 Å². The van der Waals surface area contributed by atoms with Crippen LogP contribution in [0.3, 0.4) is 0 Å². The molecule has 1 aliphatic rings. The van der Waals surface area contributed by atoms with E-state index < -0.39 is 0 Å². The van der Waals surface area contributed by atoms with Crippen LogP contribution in [0, 0.1) is 5.82 Å². The van der Waals surface area contributed by atoms with E-state index in [1.807, 2.05) is 11.0 Å². The fourth-order valence-electron chi connectivity index (χ4n) is 3.63. The number of piperidine rings is 1. The van der Waals surface area contributed by atoms with Gasteiger partial charge in [-0.25, -0.2) is 24.3 Å². The summed E-state index contributed by atoms with van der Waals surface area (Å²) in [6, 6.07) is 9.96. The standard InChI is InChI=1S/C22H23FN6O/c23-18-7-4-16(5-8-18)6-9-20(30)29-14-1-3-17(15-29)19-10-13-26-22(27-19)28-21-24-11-2-12-25-21/h2,4-5,7-8,10-13,17H,1,3,6,9,14-15H2,(H,24,25,26,27,28)/t17-/m1/s1. The lowest BCUT2D eigenvalue weighted by Crippen LogP contribution is -2.39. The first-order valence-electron chi connectivity index (χ1n) is 10.1. The number of hydrogen-bond acceptors (Lipinski definition) is 6. The molecule has 0 radical (unpaired) electrons. The highest BCUT2D eigenvalue weighted by atomic mass is 19.1. The molecule has 7 nitrogen and oxygen atoms in total. The molecule has 2 aromatic heterocycles. The lowest BCUT2D eigenvalue weighted by molar-refractivity contribution is -0.132. The van der Waals surface area contributed by atoms with Gasteiger partial charge in [0.25, 0.3) is 0 Å². The zero-order valence-electron chi connectivity index (χ0n) is 16.5. The van der Waals surface area contributed by atoms with Crippen molar-refractivity contribution in [3.63, 3.8) is 0 Å². The summed E-state index contributed by atoms with van der Waals surface area (Å²) < 4.78 is 13.0. The van der Waals surface area contributed by atoms with Crippen LogP contribution in [-0.4, -0.2) is 43.8 Å². The molecule has 1 aliphatic heterocycles. The number of carbonyl (C=O) groups excluding carboxylic acids is 1. The van der Waals surface area contributed by atoms with E-state index in [0.717, 1.165) is 30.6 Å². The molecule has 3 aromatic rings. The van der Waals surface area contributed by atoms with Gasteiger partial charge in [-0.1, -0.05) is 12.1 Å². The monoisotopic (exact) mass is 406 g/mol. The molecule has 1 amide bonds. The topological polar surface area (TPSA) is 83.9 Å². The van der Waals surface area contributed by atoms with Gasteiger partial charge in [-0.15, -0.1) is 0 Å². The Labute approximate surface area is 174 Å². The summed E-state index contributed by atoms with van der Waals surface area (Å²) in [4.78, 5) is 31.7. The number of amides is 1. The average molecular weight is 406 g/mol. The van der Waals surface area contributed by atoms with Crippen LogP contribution >= 0.6 is 0 Å². The molecule has 1 atom stereocenters. The first-order chi connectivity index (χ1) is 14.7. The smallest absolute Gasteiger partial charge is 0.229 e. The van der Waals surface area contributed by atoms with Crippen molar-refractivity contribution >= 4 is 17.8 Å². The SMILES string of the molecule is O=C(CCc1ccc(F)cc1)N1CCC[C@@H](c2ccnc(Nc3ncccn3)n2)C1. The van der Waals surface area contributed by atoms with Gasteiger partial charge in [-0.3, -0.25) is 10.1 Å². The van der Waals surface area contributed by atoms with E-state index in [1.54, 1.807) is 36.8 Å². The molecule has 0 saturated carbocycles. The van der Waals surface area contributed by atoms with Crippen molar-refractivity contribution in [2.45, 2.75) is 31.6 Å². The highest BCUT2D eigenvalue weighted by Crippen LogP contribution is 2.26. The molecule has 4 rings (SSSR count).